The lowest BCUT2D eigenvalue weighted by molar-refractivity contribution is -0.120. The van der Waals surface area contributed by atoms with Gasteiger partial charge in [-0.15, -0.1) is 0 Å². The molecule has 2 atom stereocenters. The monoisotopic (exact) mass is 294 g/mol. The number of ketones is 3. The largest absolute Gasteiger partial charge is 0.341 e. The molecule has 110 valence electrons. The number of hydrogen-bond donors (Lipinski definition) is 0. The first-order valence-corrected chi connectivity index (χ1v) is 6.95. The van der Waals surface area contributed by atoms with Crippen LogP contribution in [0.5, 0.6) is 0 Å². The Morgan fingerprint density at radius 1 is 0.864 bits per heavy atom. The Hall–Kier alpha value is -2.59. The number of carbonyl (C=O) groups is 3. The molecule has 0 radical (unpaired) electrons. The van der Waals surface area contributed by atoms with Gasteiger partial charge in [-0.25, -0.2) is 0 Å². The van der Waals surface area contributed by atoms with Gasteiger partial charge in [0.05, 0.1) is 0 Å². The third kappa shape index (κ3) is 2.18. The molecule has 0 aromatic heterocycles. The average Bonchev–Trinajstić information content (AvgIpc) is 3.32. The van der Waals surface area contributed by atoms with E-state index in [2.05, 4.69) is 0 Å². The molecule has 2 aromatic carbocycles. The van der Waals surface area contributed by atoms with Gasteiger partial charge in [0.2, 0.25) is 11.4 Å². The first kappa shape index (κ1) is 14.4. The smallest absolute Gasteiger partial charge is 0.223 e. The zero-order valence-electron chi connectivity index (χ0n) is 12.0. The molecule has 0 unspecified atom stereocenters. The Labute approximate surface area is 127 Å². The van der Waals surface area contributed by atoms with Gasteiger partial charge in [0.25, 0.3) is 0 Å². The topological polar surface area (TPSA) is 63.7 Å². The summed E-state index contributed by atoms with van der Waals surface area (Å²) in [4.78, 5) is 37.0. The summed E-state index contributed by atoms with van der Waals surface area (Å²) in [5.74, 6) is -1.26. The van der Waals surface area contributed by atoms with Crippen LogP contribution in [0.2, 0.25) is 0 Å². The van der Waals surface area contributed by atoms with Crippen LogP contribution in [-0.2, 0) is 9.53 Å². The maximum Gasteiger partial charge on any atom is 0.223 e. The van der Waals surface area contributed by atoms with Crippen molar-refractivity contribution in [1.29, 1.82) is 0 Å². The van der Waals surface area contributed by atoms with Crippen LogP contribution in [0.25, 0.3) is 0 Å². The Balaban J connectivity index is 1.92. The van der Waals surface area contributed by atoms with E-state index in [0.717, 1.165) is 0 Å². The van der Waals surface area contributed by atoms with E-state index in [1.54, 1.807) is 60.7 Å². The Bertz CT molecular complexity index is 736. The molecule has 0 bridgehead atoms. The van der Waals surface area contributed by atoms with Gasteiger partial charge in [0.1, 0.15) is 0 Å². The third-order valence-corrected chi connectivity index (χ3v) is 3.81. The van der Waals surface area contributed by atoms with Gasteiger partial charge in [-0.1, -0.05) is 60.7 Å². The second-order valence-corrected chi connectivity index (χ2v) is 5.22. The van der Waals surface area contributed by atoms with Gasteiger partial charge in [-0.3, -0.25) is 14.4 Å². The molecule has 0 aliphatic carbocycles. The van der Waals surface area contributed by atoms with Crippen LogP contribution in [0.4, 0.5) is 0 Å². The fourth-order valence-electron chi connectivity index (χ4n) is 2.55. The molecule has 3 rings (SSSR count). The van der Waals surface area contributed by atoms with E-state index in [1.165, 1.54) is 6.92 Å². The third-order valence-electron chi connectivity index (χ3n) is 3.81. The molecule has 1 fully saturated rings. The second kappa shape index (κ2) is 5.31. The maximum absolute atomic E-state index is 12.6. The van der Waals surface area contributed by atoms with Crippen LogP contribution < -0.4 is 0 Å². The standard InChI is InChI=1S/C18H14O4/c1-12(19)18(16(21)14-10-6-3-7-11-14)17(22-18)15(20)13-8-4-2-5-9-13/h2-11,17H,1H3/t17-,18+/m0/s1. The summed E-state index contributed by atoms with van der Waals surface area (Å²) in [5.41, 5.74) is -0.883. The van der Waals surface area contributed by atoms with Crippen molar-refractivity contribution in [3.63, 3.8) is 0 Å². The average molecular weight is 294 g/mol. The molecule has 0 amide bonds. The molecule has 4 heteroatoms. The summed E-state index contributed by atoms with van der Waals surface area (Å²) < 4.78 is 5.35. The summed E-state index contributed by atoms with van der Waals surface area (Å²) >= 11 is 0. The van der Waals surface area contributed by atoms with Gasteiger partial charge >= 0.3 is 0 Å². The van der Waals surface area contributed by atoms with E-state index in [1.807, 2.05) is 0 Å². The summed E-state index contributed by atoms with van der Waals surface area (Å²) in [5, 5.41) is 0. The highest BCUT2D eigenvalue weighted by atomic mass is 16.6. The van der Waals surface area contributed by atoms with E-state index >= 15 is 0 Å². The van der Waals surface area contributed by atoms with E-state index in [-0.39, 0.29) is 5.78 Å². The molecule has 0 spiro atoms. The first-order valence-electron chi connectivity index (χ1n) is 6.95. The van der Waals surface area contributed by atoms with E-state index < -0.39 is 23.3 Å². The van der Waals surface area contributed by atoms with Crippen LogP contribution in [0.3, 0.4) is 0 Å². The van der Waals surface area contributed by atoms with Crippen LogP contribution in [0.15, 0.2) is 60.7 Å². The first-order chi connectivity index (χ1) is 10.6. The fourth-order valence-corrected chi connectivity index (χ4v) is 2.55. The SMILES string of the molecule is CC(=O)[C@]1(C(=O)c2ccccc2)O[C@H]1C(=O)c1ccccc1. The predicted molar refractivity (Wildman–Crippen MR) is 79.8 cm³/mol. The van der Waals surface area contributed by atoms with Crippen molar-refractivity contribution >= 4 is 17.3 Å². The minimum atomic E-state index is -1.67. The van der Waals surface area contributed by atoms with Gasteiger partial charge in [0, 0.05) is 11.1 Å². The van der Waals surface area contributed by atoms with Crippen molar-refractivity contribution < 1.29 is 19.1 Å². The Morgan fingerprint density at radius 2 is 1.36 bits per heavy atom. The highest BCUT2D eigenvalue weighted by molar-refractivity contribution is 6.25. The molecular weight excluding hydrogens is 280 g/mol. The van der Waals surface area contributed by atoms with E-state index in [9.17, 15) is 14.4 Å². The molecule has 1 saturated heterocycles. The van der Waals surface area contributed by atoms with Crippen molar-refractivity contribution in [3.05, 3.63) is 71.8 Å². The molecule has 4 nitrogen and oxygen atoms in total. The van der Waals surface area contributed by atoms with Gasteiger partial charge < -0.3 is 4.74 Å². The highest BCUT2D eigenvalue weighted by Crippen LogP contribution is 2.42. The van der Waals surface area contributed by atoms with E-state index in [0.29, 0.717) is 11.1 Å². The fraction of sp³-hybridized carbons (Fsp3) is 0.167. The number of Topliss-reactive ketones (excluding diaryl/α,β-unsaturated/α-hetero) is 3. The predicted octanol–water partition coefficient (Wildman–Crippen LogP) is 2.48. The highest BCUT2D eigenvalue weighted by Gasteiger charge is 2.69. The van der Waals surface area contributed by atoms with Crippen LogP contribution in [0, 0.1) is 0 Å². The zero-order valence-corrected chi connectivity index (χ0v) is 12.0. The second-order valence-electron chi connectivity index (χ2n) is 5.22. The summed E-state index contributed by atoms with van der Waals surface area (Å²) in [6, 6.07) is 16.9. The molecule has 1 aliphatic rings. The number of carbonyl (C=O) groups excluding carboxylic acids is 3. The molecule has 22 heavy (non-hydrogen) atoms. The number of rotatable bonds is 5. The number of epoxide rings is 1. The van der Waals surface area contributed by atoms with Gasteiger partial charge in [-0.05, 0) is 6.92 Å². The summed E-state index contributed by atoms with van der Waals surface area (Å²) in [6.07, 6.45) is -1.04. The Morgan fingerprint density at radius 3 is 1.86 bits per heavy atom. The van der Waals surface area contributed by atoms with Gasteiger partial charge in [-0.2, -0.15) is 0 Å². The minimum absolute atomic E-state index is 0.347. The molecule has 1 aliphatic heterocycles. The molecular formula is C18H14O4. The van der Waals surface area contributed by atoms with Crippen molar-refractivity contribution in [2.75, 3.05) is 0 Å². The molecule has 2 aromatic rings. The van der Waals surface area contributed by atoms with Crippen molar-refractivity contribution in [3.8, 4) is 0 Å². The minimum Gasteiger partial charge on any atom is -0.341 e. The van der Waals surface area contributed by atoms with Crippen LogP contribution in [0.1, 0.15) is 27.6 Å². The molecule has 0 N–H and O–H groups in total. The van der Waals surface area contributed by atoms with E-state index in [4.69, 9.17) is 4.74 Å². The quantitative estimate of drug-likeness (QED) is 0.483. The number of benzene rings is 2. The number of ether oxygens (including phenoxy) is 1. The lowest BCUT2D eigenvalue weighted by atomic mass is 9.88. The summed E-state index contributed by atoms with van der Waals surface area (Å²) in [7, 11) is 0. The lowest BCUT2D eigenvalue weighted by Gasteiger charge is -2.08. The zero-order chi connectivity index (χ0) is 15.7. The normalized spacial score (nSPS) is 22.9. The summed E-state index contributed by atoms with van der Waals surface area (Å²) in [6.45, 7) is 1.28. The van der Waals surface area contributed by atoms with Crippen LogP contribution >= 0.6 is 0 Å². The Kier molecular flexibility index (Phi) is 3.47. The van der Waals surface area contributed by atoms with Crippen molar-refractivity contribution in [2.24, 2.45) is 0 Å². The lowest BCUT2D eigenvalue weighted by Crippen LogP contribution is -2.37. The number of hydrogen-bond acceptors (Lipinski definition) is 4. The maximum atomic E-state index is 12.6. The molecule has 1 heterocycles. The molecule has 0 saturated carbocycles. The van der Waals surface area contributed by atoms with Gasteiger partial charge in [0.15, 0.2) is 17.7 Å². The van der Waals surface area contributed by atoms with Crippen molar-refractivity contribution in [2.45, 2.75) is 18.6 Å². The van der Waals surface area contributed by atoms with Crippen molar-refractivity contribution in [1.82, 2.24) is 0 Å². The van der Waals surface area contributed by atoms with Crippen LogP contribution in [-0.4, -0.2) is 29.1 Å².